The van der Waals surface area contributed by atoms with E-state index >= 15 is 0 Å². The van der Waals surface area contributed by atoms with Crippen molar-refractivity contribution in [3.8, 4) is 5.69 Å². The van der Waals surface area contributed by atoms with Crippen LogP contribution in [0.25, 0.3) is 5.69 Å². The number of hydrogen-bond donors (Lipinski definition) is 0. The van der Waals surface area contributed by atoms with Crippen molar-refractivity contribution in [2.45, 2.75) is 26.8 Å². The predicted molar refractivity (Wildman–Crippen MR) is 114 cm³/mol. The molecule has 0 radical (unpaired) electrons. The molecule has 0 spiro atoms. The van der Waals surface area contributed by atoms with Gasteiger partial charge in [-0.3, -0.25) is 4.79 Å². The number of nitrogens with zero attached hydrogens (tertiary/aromatic N) is 3. The lowest BCUT2D eigenvalue weighted by molar-refractivity contribution is -0.135. The number of benzene rings is 2. The molecular weight excluding hydrogens is 402 g/mol. The Morgan fingerprint density at radius 3 is 2.43 bits per heavy atom. The second-order valence-electron chi connectivity index (χ2n) is 7.35. The van der Waals surface area contributed by atoms with E-state index < -0.39 is 5.97 Å². The third kappa shape index (κ3) is 3.96. The molecular formula is C23H22ClN3O3. The molecule has 0 N–H and O–H groups in total. The second kappa shape index (κ2) is 8.32. The average molecular weight is 424 g/mol. The largest absolute Gasteiger partial charge is 0.452 e. The van der Waals surface area contributed by atoms with E-state index in [1.807, 2.05) is 32.0 Å². The van der Waals surface area contributed by atoms with Crippen molar-refractivity contribution in [2.24, 2.45) is 0 Å². The van der Waals surface area contributed by atoms with Crippen molar-refractivity contribution in [1.82, 2.24) is 14.7 Å². The number of aromatic nitrogens is 2. The van der Waals surface area contributed by atoms with Gasteiger partial charge in [0.15, 0.2) is 6.61 Å². The highest BCUT2D eigenvalue weighted by atomic mass is 35.5. The molecule has 2 aromatic carbocycles. The predicted octanol–water partition coefficient (Wildman–Crippen LogP) is 3.88. The maximum absolute atomic E-state index is 12.5. The van der Waals surface area contributed by atoms with Gasteiger partial charge in [0.25, 0.3) is 5.91 Å². The summed E-state index contributed by atoms with van der Waals surface area (Å²) in [7, 11) is 0. The average Bonchev–Trinajstić information content (AvgIpc) is 3.04. The maximum Gasteiger partial charge on any atom is 0.338 e. The molecule has 1 aromatic heterocycles. The lowest BCUT2D eigenvalue weighted by atomic mass is 10.00. The van der Waals surface area contributed by atoms with E-state index in [-0.39, 0.29) is 12.5 Å². The standard InChI is InChI=1S/C23H22ClN3O3/c1-15-22(24)16(2)27(25-15)20-9-7-18(8-10-20)23(29)30-14-21(28)26-12-11-17-5-3-4-6-19(17)13-26/h3-10H,11-14H2,1-2H3. The fourth-order valence-electron chi connectivity index (χ4n) is 3.62. The van der Waals surface area contributed by atoms with Crippen LogP contribution >= 0.6 is 11.6 Å². The molecule has 0 unspecified atom stereocenters. The van der Waals surface area contributed by atoms with E-state index in [0.717, 1.165) is 29.1 Å². The number of aryl methyl sites for hydroxylation is 1. The Bertz CT molecular complexity index is 1110. The van der Waals surface area contributed by atoms with Gasteiger partial charge < -0.3 is 9.64 Å². The normalized spacial score (nSPS) is 13.1. The number of carbonyl (C=O) groups excluding carboxylic acids is 2. The van der Waals surface area contributed by atoms with Gasteiger partial charge in [-0.25, -0.2) is 9.48 Å². The Morgan fingerprint density at radius 2 is 1.77 bits per heavy atom. The fraction of sp³-hybridized carbons (Fsp3) is 0.261. The minimum absolute atomic E-state index is 0.188. The second-order valence-corrected chi connectivity index (χ2v) is 7.73. The van der Waals surface area contributed by atoms with Crippen molar-refractivity contribution in [3.05, 3.63) is 81.6 Å². The SMILES string of the molecule is Cc1nn(-c2ccc(C(=O)OCC(=O)N3CCc4ccccc4C3)cc2)c(C)c1Cl. The summed E-state index contributed by atoms with van der Waals surface area (Å²) in [4.78, 5) is 26.6. The zero-order chi connectivity index (χ0) is 21.3. The Labute approximate surface area is 180 Å². The summed E-state index contributed by atoms with van der Waals surface area (Å²) in [5.41, 5.74) is 5.16. The van der Waals surface area contributed by atoms with Crippen LogP contribution in [0.1, 0.15) is 32.9 Å². The molecule has 154 valence electrons. The van der Waals surface area contributed by atoms with Crippen molar-refractivity contribution >= 4 is 23.5 Å². The lowest BCUT2D eigenvalue weighted by Crippen LogP contribution is -2.38. The molecule has 0 fully saturated rings. The van der Waals surface area contributed by atoms with Gasteiger partial charge in [-0.2, -0.15) is 5.10 Å². The summed E-state index contributed by atoms with van der Waals surface area (Å²) in [6.07, 6.45) is 0.813. The van der Waals surface area contributed by atoms with Gasteiger partial charge in [0.1, 0.15) is 0 Å². The molecule has 1 aliphatic rings. The van der Waals surface area contributed by atoms with Gasteiger partial charge in [-0.15, -0.1) is 0 Å². The van der Waals surface area contributed by atoms with E-state index in [0.29, 0.717) is 23.7 Å². The topological polar surface area (TPSA) is 64.4 Å². The first-order chi connectivity index (χ1) is 14.4. The van der Waals surface area contributed by atoms with Crippen molar-refractivity contribution in [1.29, 1.82) is 0 Å². The monoisotopic (exact) mass is 423 g/mol. The number of esters is 1. The van der Waals surface area contributed by atoms with E-state index in [4.69, 9.17) is 16.3 Å². The number of ether oxygens (including phenoxy) is 1. The van der Waals surface area contributed by atoms with Crippen LogP contribution in [0.15, 0.2) is 48.5 Å². The minimum Gasteiger partial charge on any atom is -0.452 e. The van der Waals surface area contributed by atoms with Crippen LogP contribution in [0.5, 0.6) is 0 Å². The summed E-state index contributed by atoms with van der Waals surface area (Å²) in [5.74, 6) is -0.717. The highest BCUT2D eigenvalue weighted by molar-refractivity contribution is 6.31. The molecule has 0 aliphatic carbocycles. The van der Waals surface area contributed by atoms with Gasteiger partial charge in [-0.05, 0) is 55.7 Å². The van der Waals surface area contributed by atoms with Crippen LogP contribution in [0, 0.1) is 13.8 Å². The molecule has 1 amide bonds. The van der Waals surface area contributed by atoms with Crippen LogP contribution in [0.3, 0.4) is 0 Å². The smallest absolute Gasteiger partial charge is 0.338 e. The Morgan fingerprint density at radius 1 is 1.07 bits per heavy atom. The Kier molecular flexibility index (Phi) is 5.59. The Balaban J connectivity index is 1.36. The minimum atomic E-state index is -0.529. The number of amides is 1. The van der Waals surface area contributed by atoms with Gasteiger partial charge in [0.05, 0.1) is 27.7 Å². The highest BCUT2D eigenvalue weighted by Crippen LogP contribution is 2.23. The van der Waals surface area contributed by atoms with Gasteiger partial charge in [0, 0.05) is 13.1 Å². The Hall–Kier alpha value is -3.12. The molecule has 1 aliphatic heterocycles. The number of fused-ring (bicyclic) bond motifs is 1. The van der Waals surface area contributed by atoms with Crippen LogP contribution in [0.2, 0.25) is 5.02 Å². The zero-order valence-electron chi connectivity index (χ0n) is 16.9. The summed E-state index contributed by atoms with van der Waals surface area (Å²) in [6.45, 7) is 4.64. The number of carbonyl (C=O) groups is 2. The molecule has 0 atom stereocenters. The first kappa shape index (κ1) is 20.2. The molecule has 3 aromatic rings. The zero-order valence-corrected chi connectivity index (χ0v) is 17.6. The van der Waals surface area contributed by atoms with Crippen LogP contribution < -0.4 is 0 Å². The van der Waals surface area contributed by atoms with E-state index in [9.17, 15) is 9.59 Å². The summed E-state index contributed by atoms with van der Waals surface area (Å²) < 4.78 is 6.98. The molecule has 0 saturated carbocycles. The number of rotatable bonds is 4. The fourth-order valence-corrected chi connectivity index (χ4v) is 3.74. The molecule has 30 heavy (non-hydrogen) atoms. The first-order valence-electron chi connectivity index (χ1n) is 9.78. The van der Waals surface area contributed by atoms with E-state index in [2.05, 4.69) is 11.2 Å². The molecule has 7 heteroatoms. The quantitative estimate of drug-likeness (QED) is 0.597. The van der Waals surface area contributed by atoms with E-state index in [1.165, 1.54) is 5.56 Å². The number of halogens is 1. The molecule has 2 heterocycles. The number of hydrogen-bond acceptors (Lipinski definition) is 4. The van der Waals surface area contributed by atoms with Gasteiger partial charge in [-0.1, -0.05) is 35.9 Å². The van der Waals surface area contributed by atoms with Gasteiger partial charge in [0.2, 0.25) is 0 Å². The maximum atomic E-state index is 12.5. The third-order valence-corrected chi connectivity index (χ3v) is 5.91. The molecule has 4 rings (SSSR count). The summed E-state index contributed by atoms with van der Waals surface area (Å²) in [5, 5.41) is 5.02. The van der Waals surface area contributed by atoms with E-state index in [1.54, 1.807) is 33.8 Å². The third-order valence-electron chi connectivity index (χ3n) is 5.36. The van der Waals surface area contributed by atoms with Crippen LogP contribution in [0.4, 0.5) is 0 Å². The molecule has 0 bridgehead atoms. The lowest BCUT2D eigenvalue weighted by Gasteiger charge is -2.28. The van der Waals surface area contributed by atoms with Crippen molar-refractivity contribution < 1.29 is 14.3 Å². The van der Waals surface area contributed by atoms with Crippen molar-refractivity contribution in [2.75, 3.05) is 13.2 Å². The highest BCUT2D eigenvalue weighted by Gasteiger charge is 2.21. The van der Waals surface area contributed by atoms with Crippen LogP contribution in [-0.2, 0) is 22.5 Å². The first-order valence-corrected chi connectivity index (χ1v) is 10.2. The van der Waals surface area contributed by atoms with Crippen LogP contribution in [-0.4, -0.2) is 39.7 Å². The molecule has 0 saturated heterocycles. The van der Waals surface area contributed by atoms with Gasteiger partial charge >= 0.3 is 5.97 Å². The van der Waals surface area contributed by atoms with Crippen molar-refractivity contribution in [3.63, 3.8) is 0 Å². The summed E-state index contributed by atoms with van der Waals surface area (Å²) >= 11 is 6.20. The summed E-state index contributed by atoms with van der Waals surface area (Å²) in [6, 6.07) is 14.9. The molecule has 6 nitrogen and oxygen atoms in total.